The smallest absolute Gasteiger partial charge is 0.224 e. The number of piperidine rings is 2. The van der Waals surface area contributed by atoms with Crippen molar-refractivity contribution in [3.05, 3.63) is 52.9 Å². The zero-order valence-electron chi connectivity index (χ0n) is 20.4. The van der Waals surface area contributed by atoms with Gasteiger partial charge in [-0.05, 0) is 74.9 Å². The highest BCUT2D eigenvalue weighted by Crippen LogP contribution is 2.32. The van der Waals surface area contributed by atoms with Crippen LogP contribution >= 0.6 is 11.3 Å². The molecule has 0 radical (unpaired) electrons. The lowest BCUT2D eigenvalue weighted by Crippen LogP contribution is -2.45. The summed E-state index contributed by atoms with van der Waals surface area (Å²) in [6, 6.07) is 8.99. The highest BCUT2D eigenvalue weighted by Gasteiger charge is 2.28. The van der Waals surface area contributed by atoms with E-state index in [9.17, 15) is 9.18 Å². The first-order chi connectivity index (χ1) is 17.1. The number of carbonyl (C=O) groups is 1. The van der Waals surface area contributed by atoms with Gasteiger partial charge >= 0.3 is 0 Å². The fraction of sp³-hybridized carbons (Fsp3) is 0.519. The monoisotopic (exact) mass is 495 g/mol. The van der Waals surface area contributed by atoms with Crippen molar-refractivity contribution in [3.8, 4) is 0 Å². The molecule has 5 rings (SSSR count). The van der Waals surface area contributed by atoms with E-state index in [1.165, 1.54) is 17.0 Å². The summed E-state index contributed by atoms with van der Waals surface area (Å²) in [6.07, 6.45) is 6.73. The second-order valence-corrected chi connectivity index (χ2v) is 11.0. The van der Waals surface area contributed by atoms with E-state index in [0.29, 0.717) is 12.5 Å². The van der Waals surface area contributed by atoms with Gasteiger partial charge in [-0.2, -0.15) is 0 Å². The molecule has 2 fully saturated rings. The summed E-state index contributed by atoms with van der Waals surface area (Å²) in [5.41, 5.74) is 1.15. The van der Waals surface area contributed by atoms with Gasteiger partial charge in [0.05, 0.1) is 11.3 Å². The highest BCUT2D eigenvalue weighted by atomic mass is 32.1. The van der Waals surface area contributed by atoms with Crippen molar-refractivity contribution in [2.45, 2.75) is 45.6 Å². The summed E-state index contributed by atoms with van der Waals surface area (Å²) in [5, 5.41) is 4.37. The normalized spacial score (nSPS) is 19.8. The lowest BCUT2D eigenvalue weighted by molar-refractivity contribution is -0.125. The number of fused-ring (bicyclic) bond motifs is 1. The van der Waals surface area contributed by atoms with Crippen LogP contribution in [0.1, 0.15) is 43.0 Å². The Morgan fingerprint density at radius 2 is 1.94 bits per heavy atom. The number of nitrogens with one attached hydrogen (secondary N) is 1. The van der Waals surface area contributed by atoms with Gasteiger partial charge in [-0.15, -0.1) is 11.3 Å². The van der Waals surface area contributed by atoms with Crippen LogP contribution in [0.5, 0.6) is 0 Å². The van der Waals surface area contributed by atoms with E-state index < -0.39 is 0 Å². The van der Waals surface area contributed by atoms with Crippen LogP contribution in [0.2, 0.25) is 0 Å². The summed E-state index contributed by atoms with van der Waals surface area (Å²) in [4.78, 5) is 29.2. The first kappa shape index (κ1) is 24.1. The third kappa shape index (κ3) is 5.81. The van der Waals surface area contributed by atoms with Crippen LogP contribution in [0.4, 0.5) is 10.2 Å². The lowest BCUT2D eigenvalue weighted by atomic mass is 9.94. The number of benzene rings is 1. The van der Waals surface area contributed by atoms with E-state index in [1.54, 1.807) is 17.7 Å². The molecule has 0 saturated carbocycles. The van der Waals surface area contributed by atoms with Crippen LogP contribution < -0.4 is 10.2 Å². The van der Waals surface area contributed by atoms with Crippen LogP contribution in [0.3, 0.4) is 0 Å². The van der Waals surface area contributed by atoms with Gasteiger partial charge in [0, 0.05) is 31.1 Å². The number of aromatic nitrogens is 2. The summed E-state index contributed by atoms with van der Waals surface area (Å²) in [5.74, 6) is 1.47. The van der Waals surface area contributed by atoms with E-state index >= 15 is 0 Å². The maximum atomic E-state index is 13.1. The third-order valence-electron chi connectivity index (χ3n) is 7.39. The molecule has 0 bridgehead atoms. The molecular weight excluding hydrogens is 461 g/mol. The number of halogens is 1. The highest BCUT2D eigenvalue weighted by molar-refractivity contribution is 7.18. The second-order valence-electron chi connectivity index (χ2n) is 9.86. The summed E-state index contributed by atoms with van der Waals surface area (Å²) < 4.78 is 13.1. The Morgan fingerprint density at radius 1 is 1.14 bits per heavy atom. The van der Waals surface area contributed by atoms with Crippen molar-refractivity contribution in [2.24, 2.45) is 11.8 Å². The number of anilines is 1. The lowest BCUT2D eigenvalue weighted by Gasteiger charge is -2.34. The molecule has 1 aromatic carbocycles. The molecule has 2 aliphatic rings. The molecule has 1 amide bonds. The maximum absolute atomic E-state index is 13.1. The van der Waals surface area contributed by atoms with E-state index in [4.69, 9.17) is 0 Å². The Kier molecular flexibility index (Phi) is 7.58. The number of amides is 1. The molecule has 1 atom stereocenters. The summed E-state index contributed by atoms with van der Waals surface area (Å²) in [7, 11) is 0. The van der Waals surface area contributed by atoms with Crippen LogP contribution in [0.25, 0.3) is 10.2 Å². The predicted molar refractivity (Wildman–Crippen MR) is 139 cm³/mol. The molecule has 1 N–H and O–H groups in total. The fourth-order valence-electron chi connectivity index (χ4n) is 5.29. The molecule has 3 aromatic rings. The molecule has 0 spiro atoms. The number of hydrogen-bond acceptors (Lipinski definition) is 6. The van der Waals surface area contributed by atoms with Crippen LogP contribution in [0.15, 0.2) is 36.7 Å². The molecule has 6 nitrogen and oxygen atoms in total. The van der Waals surface area contributed by atoms with Crippen molar-refractivity contribution in [3.63, 3.8) is 0 Å². The van der Waals surface area contributed by atoms with Gasteiger partial charge in [-0.3, -0.25) is 9.69 Å². The number of carbonyl (C=O) groups excluding carboxylic acids is 1. The van der Waals surface area contributed by atoms with Crippen molar-refractivity contribution in [1.29, 1.82) is 0 Å². The summed E-state index contributed by atoms with van der Waals surface area (Å²) in [6.45, 7) is 7.44. The Balaban J connectivity index is 1.11. The molecule has 2 aliphatic heterocycles. The zero-order valence-corrected chi connectivity index (χ0v) is 21.2. The van der Waals surface area contributed by atoms with Crippen LogP contribution in [0, 0.1) is 17.7 Å². The second kappa shape index (κ2) is 11.0. The quantitative estimate of drug-likeness (QED) is 0.518. The van der Waals surface area contributed by atoms with E-state index in [-0.39, 0.29) is 17.6 Å². The topological polar surface area (TPSA) is 61.4 Å². The number of rotatable bonds is 7. The largest absolute Gasteiger partial charge is 0.356 e. The third-order valence-corrected chi connectivity index (χ3v) is 8.58. The zero-order chi connectivity index (χ0) is 24.2. The van der Waals surface area contributed by atoms with Gasteiger partial charge in [-0.1, -0.05) is 19.1 Å². The van der Waals surface area contributed by atoms with E-state index in [0.717, 1.165) is 86.4 Å². The van der Waals surface area contributed by atoms with Gasteiger partial charge < -0.3 is 10.2 Å². The Hall–Kier alpha value is -2.58. The minimum absolute atomic E-state index is 0.00314. The van der Waals surface area contributed by atoms with Crippen molar-refractivity contribution in [1.82, 2.24) is 20.2 Å². The standard InChI is InChI=1S/C27H34FN5OS/c1-2-23-14-24-25(30-18-31-27(24)35-23)33-11-3-4-21(17-33)26(34)29-15-19-9-12-32(13-10-19)16-20-5-7-22(28)8-6-20/h5-8,14,18-19,21H,2-4,9-13,15-17H2,1H3,(H,29,34)/t21-/m0/s1. The molecule has 0 unspecified atom stereocenters. The van der Waals surface area contributed by atoms with Gasteiger partial charge in [0.15, 0.2) is 0 Å². The van der Waals surface area contributed by atoms with Crippen LogP contribution in [-0.4, -0.2) is 53.5 Å². The molecule has 2 saturated heterocycles. The Labute approximate surface area is 210 Å². The molecular formula is C27H34FN5OS. The fourth-order valence-corrected chi connectivity index (χ4v) is 6.22. The minimum atomic E-state index is -0.188. The minimum Gasteiger partial charge on any atom is -0.356 e. The average Bonchev–Trinajstić information content (AvgIpc) is 3.33. The Morgan fingerprint density at radius 3 is 2.71 bits per heavy atom. The first-order valence-corrected chi connectivity index (χ1v) is 13.6. The first-order valence-electron chi connectivity index (χ1n) is 12.8. The molecule has 0 aliphatic carbocycles. The van der Waals surface area contributed by atoms with Gasteiger partial charge in [0.25, 0.3) is 0 Å². The van der Waals surface area contributed by atoms with E-state index in [2.05, 4.69) is 38.1 Å². The summed E-state index contributed by atoms with van der Waals surface area (Å²) >= 11 is 1.73. The van der Waals surface area contributed by atoms with Gasteiger partial charge in [-0.25, -0.2) is 14.4 Å². The number of likely N-dealkylation sites (tertiary alicyclic amines) is 1. The van der Waals surface area contributed by atoms with Crippen molar-refractivity contribution >= 4 is 33.3 Å². The molecule has 35 heavy (non-hydrogen) atoms. The molecule has 2 aromatic heterocycles. The maximum Gasteiger partial charge on any atom is 0.224 e. The van der Waals surface area contributed by atoms with Crippen molar-refractivity contribution in [2.75, 3.05) is 37.6 Å². The number of aryl methyl sites for hydroxylation is 1. The predicted octanol–water partition coefficient (Wildman–Crippen LogP) is 4.64. The SMILES string of the molecule is CCc1cc2c(N3CCC[C@H](C(=O)NCC4CCN(Cc5ccc(F)cc5)CC4)C3)ncnc2s1. The molecule has 4 heterocycles. The number of thiophene rings is 1. The molecule has 8 heteroatoms. The van der Waals surface area contributed by atoms with Crippen molar-refractivity contribution < 1.29 is 9.18 Å². The number of hydrogen-bond donors (Lipinski definition) is 1. The molecule has 186 valence electrons. The number of nitrogens with zero attached hydrogens (tertiary/aromatic N) is 4. The Bertz CT molecular complexity index is 1140. The van der Waals surface area contributed by atoms with Gasteiger partial charge in [0.2, 0.25) is 5.91 Å². The van der Waals surface area contributed by atoms with Gasteiger partial charge in [0.1, 0.15) is 22.8 Å². The van der Waals surface area contributed by atoms with Crippen LogP contribution in [-0.2, 0) is 17.8 Å². The average molecular weight is 496 g/mol. The van der Waals surface area contributed by atoms with E-state index in [1.807, 2.05) is 12.1 Å².